The maximum absolute atomic E-state index is 4.82. The van der Waals surface area contributed by atoms with Crippen molar-refractivity contribution in [2.45, 2.75) is 64.8 Å². The van der Waals surface area contributed by atoms with Crippen LogP contribution in [0.15, 0.2) is 0 Å². The number of nitrogens with zero attached hydrogens (tertiary/aromatic N) is 2. The lowest BCUT2D eigenvalue weighted by Crippen LogP contribution is -2.20. The molecule has 3 atom stereocenters. The van der Waals surface area contributed by atoms with Crippen molar-refractivity contribution in [2.24, 2.45) is 17.8 Å². The summed E-state index contributed by atoms with van der Waals surface area (Å²) in [7, 11) is 0. The number of hydrogen-bond donors (Lipinski definition) is 0. The molecule has 3 aliphatic rings. The van der Waals surface area contributed by atoms with Crippen LogP contribution in [0.1, 0.15) is 55.7 Å². The Labute approximate surface area is 110 Å². The summed E-state index contributed by atoms with van der Waals surface area (Å²) < 4.78 is 2.58. The average molecular weight is 244 g/mol. The molecule has 0 amide bonds. The van der Waals surface area contributed by atoms with Crippen LogP contribution >= 0.6 is 0 Å². The van der Waals surface area contributed by atoms with Crippen molar-refractivity contribution in [3.63, 3.8) is 0 Å². The van der Waals surface area contributed by atoms with E-state index >= 15 is 0 Å². The van der Waals surface area contributed by atoms with E-state index in [0.29, 0.717) is 0 Å². The summed E-state index contributed by atoms with van der Waals surface area (Å²) in [6.45, 7) is 3.49. The van der Waals surface area contributed by atoms with E-state index in [1.165, 1.54) is 69.4 Å². The Kier molecular flexibility index (Phi) is 2.53. The molecule has 2 nitrogen and oxygen atoms in total. The van der Waals surface area contributed by atoms with Crippen molar-refractivity contribution >= 4 is 0 Å². The molecule has 0 spiro atoms. The summed E-state index contributed by atoms with van der Waals surface area (Å²) in [6.07, 6.45) is 11.3. The standard InChI is InChI=1S/C16H24N2/c1-11-17-15-4-2-3-5-16(15)18(11)10-14-9-12-6-7-13(14)8-12/h12-14H,2-10H2,1H3. The molecule has 0 aliphatic heterocycles. The van der Waals surface area contributed by atoms with Crippen LogP contribution in [-0.2, 0) is 19.4 Å². The van der Waals surface area contributed by atoms with E-state index < -0.39 is 0 Å². The summed E-state index contributed by atoms with van der Waals surface area (Å²) in [5.41, 5.74) is 3.00. The number of rotatable bonds is 2. The van der Waals surface area contributed by atoms with E-state index in [0.717, 1.165) is 17.8 Å². The van der Waals surface area contributed by atoms with Gasteiger partial charge in [-0.1, -0.05) is 6.42 Å². The first kappa shape index (κ1) is 11.1. The zero-order valence-electron chi connectivity index (χ0n) is 11.5. The van der Waals surface area contributed by atoms with Gasteiger partial charge in [0.05, 0.1) is 5.69 Å². The summed E-state index contributed by atoms with van der Waals surface area (Å²) >= 11 is 0. The van der Waals surface area contributed by atoms with Gasteiger partial charge in [-0.15, -0.1) is 0 Å². The van der Waals surface area contributed by atoms with Gasteiger partial charge in [0, 0.05) is 12.2 Å². The third-order valence-electron chi connectivity index (χ3n) is 5.73. The second-order valence-corrected chi connectivity index (χ2v) is 6.81. The van der Waals surface area contributed by atoms with E-state index in [-0.39, 0.29) is 0 Å². The highest BCUT2D eigenvalue weighted by Crippen LogP contribution is 2.49. The van der Waals surface area contributed by atoms with Gasteiger partial charge in [-0.05, 0) is 69.6 Å². The number of hydrogen-bond acceptors (Lipinski definition) is 1. The van der Waals surface area contributed by atoms with E-state index in [4.69, 9.17) is 4.98 Å². The average Bonchev–Trinajstić information content (AvgIpc) is 3.05. The highest BCUT2D eigenvalue weighted by atomic mass is 15.1. The Morgan fingerprint density at radius 1 is 1.17 bits per heavy atom. The molecule has 0 radical (unpaired) electrons. The highest BCUT2D eigenvalue weighted by molar-refractivity contribution is 5.20. The molecule has 18 heavy (non-hydrogen) atoms. The van der Waals surface area contributed by atoms with E-state index in [9.17, 15) is 0 Å². The zero-order chi connectivity index (χ0) is 12.1. The predicted octanol–water partition coefficient (Wildman–Crippen LogP) is 3.51. The third-order valence-corrected chi connectivity index (χ3v) is 5.73. The van der Waals surface area contributed by atoms with Gasteiger partial charge in [-0.2, -0.15) is 0 Å². The smallest absolute Gasteiger partial charge is 0.106 e. The number of fused-ring (bicyclic) bond motifs is 3. The minimum atomic E-state index is 0.961. The van der Waals surface area contributed by atoms with Gasteiger partial charge >= 0.3 is 0 Å². The first-order chi connectivity index (χ1) is 8.81. The van der Waals surface area contributed by atoms with Crippen LogP contribution in [0.4, 0.5) is 0 Å². The van der Waals surface area contributed by atoms with Gasteiger partial charge in [0.25, 0.3) is 0 Å². The van der Waals surface area contributed by atoms with E-state index in [1.54, 1.807) is 5.69 Å². The fraction of sp³-hybridized carbons (Fsp3) is 0.812. The minimum absolute atomic E-state index is 0.961. The van der Waals surface area contributed by atoms with Gasteiger partial charge < -0.3 is 4.57 Å². The minimum Gasteiger partial charge on any atom is -0.332 e. The molecule has 3 unspecified atom stereocenters. The number of aromatic nitrogens is 2. The van der Waals surface area contributed by atoms with Crippen LogP contribution in [0.2, 0.25) is 0 Å². The maximum atomic E-state index is 4.82. The van der Waals surface area contributed by atoms with Crippen molar-refractivity contribution in [3.05, 3.63) is 17.2 Å². The summed E-state index contributed by atoms with van der Waals surface area (Å²) in [4.78, 5) is 4.82. The molecule has 1 aromatic rings. The molecule has 2 bridgehead atoms. The Morgan fingerprint density at radius 3 is 2.83 bits per heavy atom. The predicted molar refractivity (Wildman–Crippen MR) is 72.5 cm³/mol. The summed E-state index contributed by atoms with van der Waals surface area (Å²) in [5, 5.41) is 0. The second kappa shape index (κ2) is 4.11. The molecule has 98 valence electrons. The molecule has 0 saturated heterocycles. The maximum Gasteiger partial charge on any atom is 0.106 e. The van der Waals surface area contributed by atoms with Crippen LogP contribution in [0, 0.1) is 24.7 Å². The third kappa shape index (κ3) is 1.64. The Hall–Kier alpha value is -0.790. The molecule has 3 aliphatic carbocycles. The molecule has 0 aromatic carbocycles. The lowest BCUT2D eigenvalue weighted by Gasteiger charge is -2.24. The molecule has 2 heteroatoms. The van der Waals surface area contributed by atoms with Crippen molar-refractivity contribution in [3.8, 4) is 0 Å². The quantitative estimate of drug-likeness (QED) is 0.778. The van der Waals surface area contributed by atoms with Crippen molar-refractivity contribution in [1.82, 2.24) is 9.55 Å². The topological polar surface area (TPSA) is 17.8 Å². The number of imidazole rings is 1. The highest BCUT2D eigenvalue weighted by Gasteiger charge is 2.39. The Balaban J connectivity index is 1.59. The summed E-state index contributed by atoms with van der Waals surface area (Å²) in [5.74, 6) is 4.35. The fourth-order valence-corrected chi connectivity index (χ4v) is 4.81. The molecular weight excluding hydrogens is 220 g/mol. The zero-order valence-corrected chi connectivity index (χ0v) is 11.5. The van der Waals surface area contributed by atoms with Gasteiger partial charge in [0.2, 0.25) is 0 Å². The van der Waals surface area contributed by atoms with Crippen molar-refractivity contribution in [2.75, 3.05) is 0 Å². The fourth-order valence-electron chi connectivity index (χ4n) is 4.81. The molecule has 4 rings (SSSR count). The van der Waals surface area contributed by atoms with Gasteiger partial charge in [-0.3, -0.25) is 0 Å². The van der Waals surface area contributed by atoms with E-state index in [1.807, 2.05) is 0 Å². The van der Waals surface area contributed by atoms with Crippen LogP contribution in [0.25, 0.3) is 0 Å². The van der Waals surface area contributed by atoms with Gasteiger partial charge in [0.15, 0.2) is 0 Å². The van der Waals surface area contributed by atoms with Crippen LogP contribution in [-0.4, -0.2) is 9.55 Å². The first-order valence-electron chi connectivity index (χ1n) is 7.86. The Morgan fingerprint density at radius 2 is 2.06 bits per heavy atom. The lowest BCUT2D eigenvalue weighted by molar-refractivity contribution is 0.290. The Bertz CT molecular complexity index is 460. The summed E-state index contributed by atoms with van der Waals surface area (Å²) in [6, 6.07) is 0. The normalized spacial score (nSPS) is 33.9. The molecule has 1 aromatic heterocycles. The van der Waals surface area contributed by atoms with Crippen LogP contribution in [0.3, 0.4) is 0 Å². The second-order valence-electron chi connectivity index (χ2n) is 6.81. The van der Waals surface area contributed by atoms with Gasteiger partial charge in [0.1, 0.15) is 5.82 Å². The molecule has 2 saturated carbocycles. The molecule has 2 fully saturated rings. The van der Waals surface area contributed by atoms with Crippen molar-refractivity contribution in [1.29, 1.82) is 0 Å². The molecule has 1 heterocycles. The molecule has 0 N–H and O–H groups in total. The van der Waals surface area contributed by atoms with Crippen molar-refractivity contribution < 1.29 is 0 Å². The van der Waals surface area contributed by atoms with Gasteiger partial charge in [-0.25, -0.2) is 4.98 Å². The van der Waals surface area contributed by atoms with E-state index in [2.05, 4.69) is 11.5 Å². The van der Waals surface area contributed by atoms with Crippen LogP contribution in [0.5, 0.6) is 0 Å². The number of aryl methyl sites for hydroxylation is 2. The SMILES string of the molecule is Cc1nc2c(n1CC1CC3CCC1C3)CCCC2. The first-order valence-corrected chi connectivity index (χ1v) is 7.86. The monoisotopic (exact) mass is 244 g/mol. The lowest BCUT2D eigenvalue weighted by atomic mass is 9.88. The molecular formula is C16H24N2. The largest absolute Gasteiger partial charge is 0.332 e. The van der Waals surface area contributed by atoms with Crippen LogP contribution < -0.4 is 0 Å².